The molecule has 1 fully saturated rings. The number of carbonyl (C=O) groups is 1. The van der Waals surface area contributed by atoms with Gasteiger partial charge in [0.2, 0.25) is 0 Å². The molecule has 22 heavy (non-hydrogen) atoms. The van der Waals surface area contributed by atoms with Gasteiger partial charge in [0.15, 0.2) is 5.69 Å². The highest BCUT2D eigenvalue weighted by molar-refractivity contribution is 5.88. The zero-order chi connectivity index (χ0) is 16.2. The van der Waals surface area contributed by atoms with Gasteiger partial charge in [0.05, 0.1) is 19.3 Å². The second-order valence-electron chi connectivity index (χ2n) is 6.28. The Hall–Kier alpha value is -1.66. The highest BCUT2D eigenvalue weighted by Crippen LogP contribution is 2.17. The lowest BCUT2D eigenvalue weighted by atomic mass is 10.2. The smallest absolute Gasteiger partial charge is 0.357 e. The van der Waals surface area contributed by atoms with Gasteiger partial charge < -0.3 is 19.1 Å². The number of hydrogen-bond acceptors (Lipinski definition) is 6. The van der Waals surface area contributed by atoms with E-state index in [2.05, 4.69) is 9.88 Å². The second-order valence-corrected chi connectivity index (χ2v) is 6.28. The van der Waals surface area contributed by atoms with Gasteiger partial charge in [-0.15, -0.1) is 0 Å². The summed E-state index contributed by atoms with van der Waals surface area (Å²) in [6.45, 7) is 8.11. The quantitative estimate of drug-likeness (QED) is 0.792. The molecule has 1 unspecified atom stereocenters. The molecule has 0 aromatic carbocycles. The Kier molecular flexibility index (Phi) is 5.37. The maximum absolute atomic E-state index is 12.1. The van der Waals surface area contributed by atoms with Crippen LogP contribution in [0.4, 0.5) is 5.82 Å². The molecule has 0 N–H and O–H groups in total. The van der Waals surface area contributed by atoms with Crippen LogP contribution in [0.15, 0.2) is 18.2 Å². The minimum Gasteiger partial charge on any atom is -0.455 e. The third-order valence-electron chi connectivity index (χ3n) is 3.16. The van der Waals surface area contributed by atoms with E-state index in [0.717, 1.165) is 12.4 Å². The Morgan fingerprint density at radius 1 is 1.45 bits per heavy atom. The fourth-order valence-electron chi connectivity index (χ4n) is 2.26. The van der Waals surface area contributed by atoms with Gasteiger partial charge in [-0.1, -0.05) is 6.07 Å². The number of methoxy groups -OCH3 is 1. The number of nitrogens with zero attached hydrogens (tertiary/aromatic N) is 2. The lowest BCUT2D eigenvalue weighted by Gasteiger charge is -2.33. The molecule has 1 atom stereocenters. The number of esters is 1. The molecule has 1 saturated heterocycles. The summed E-state index contributed by atoms with van der Waals surface area (Å²) in [5.74, 6) is 0.351. The normalized spacial score (nSPS) is 19.1. The summed E-state index contributed by atoms with van der Waals surface area (Å²) in [6.07, 6.45) is 0.0192. The lowest BCUT2D eigenvalue weighted by Crippen LogP contribution is -2.44. The monoisotopic (exact) mass is 308 g/mol. The van der Waals surface area contributed by atoms with Crippen molar-refractivity contribution in [3.8, 4) is 0 Å². The summed E-state index contributed by atoms with van der Waals surface area (Å²) in [7, 11) is 1.66. The fourth-order valence-corrected chi connectivity index (χ4v) is 2.26. The molecule has 6 nitrogen and oxygen atoms in total. The first-order valence-corrected chi connectivity index (χ1v) is 7.45. The number of pyridine rings is 1. The van der Waals surface area contributed by atoms with Crippen molar-refractivity contribution in [3.05, 3.63) is 23.9 Å². The largest absolute Gasteiger partial charge is 0.455 e. The van der Waals surface area contributed by atoms with Gasteiger partial charge in [0.25, 0.3) is 0 Å². The zero-order valence-electron chi connectivity index (χ0n) is 13.7. The van der Waals surface area contributed by atoms with Crippen LogP contribution in [0.3, 0.4) is 0 Å². The predicted molar refractivity (Wildman–Crippen MR) is 83.2 cm³/mol. The molecule has 1 aromatic rings. The zero-order valence-corrected chi connectivity index (χ0v) is 13.7. The molecule has 1 aromatic heterocycles. The maximum atomic E-state index is 12.1. The molecule has 2 rings (SSSR count). The summed E-state index contributed by atoms with van der Waals surface area (Å²) in [5, 5.41) is 0. The molecular formula is C16H24N2O4. The Morgan fingerprint density at radius 2 is 2.23 bits per heavy atom. The van der Waals surface area contributed by atoms with Crippen LogP contribution in [0, 0.1) is 0 Å². The Balaban J connectivity index is 2.09. The van der Waals surface area contributed by atoms with Gasteiger partial charge in [-0.3, -0.25) is 0 Å². The molecule has 0 radical (unpaired) electrons. The number of rotatable bonds is 4. The van der Waals surface area contributed by atoms with E-state index in [0.29, 0.717) is 25.5 Å². The van der Waals surface area contributed by atoms with E-state index in [9.17, 15) is 4.79 Å². The highest BCUT2D eigenvalue weighted by atomic mass is 16.6. The topological polar surface area (TPSA) is 60.9 Å². The Morgan fingerprint density at radius 3 is 2.91 bits per heavy atom. The molecule has 6 heteroatoms. The molecule has 0 amide bonds. The van der Waals surface area contributed by atoms with E-state index in [1.807, 2.05) is 32.9 Å². The van der Waals surface area contributed by atoms with E-state index < -0.39 is 11.6 Å². The average molecular weight is 308 g/mol. The first kappa shape index (κ1) is 16.7. The molecule has 0 saturated carbocycles. The van der Waals surface area contributed by atoms with E-state index >= 15 is 0 Å². The van der Waals surface area contributed by atoms with Crippen molar-refractivity contribution in [1.82, 2.24) is 4.98 Å². The molecule has 122 valence electrons. The van der Waals surface area contributed by atoms with E-state index in [4.69, 9.17) is 14.2 Å². The molecule has 0 aliphatic carbocycles. The summed E-state index contributed by atoms with van der Waals surface area (Å²) in [4.78, 5) is 18.6. The minimum atomic E-state index is -0.530. The number of anilines is 1. The number of carbonyl (C=O) groups excluding carboxylic acids is 1. The maximum Gasteiger partial charge on any atom is 0.357 e. The predicted octanol–water partition coefficient (Wildman–Crippen LogP) is 1.89. The number of ether oxygens (including phenoxy) is 3. The fraction of sp³-hybridized carbons (Fsp3) is 0.625. The summed E-state index contributed by atoms with van der Waals surface area (Å²) in [5.41, 5.74) is -0.209. The first-order valence-electron chi connectivity index (χ1n) is 7.45. The van der Waals surface area contributed by atoms with E-state index in [1.165, 1.54) is 0 Å². The molecule has 1 aliphatic rings. The van der Waals surface area contributed by atoms with Crippen LogP contribution in [0.5, 0.6) is 0 Å². The van der Waals surface area contributed by atoms with Crippen LogP contribution >= 0.6 is 0 Å². The van der Waals surface area contributed by atoms with Gasteiger partial charge in [-0.2, -0.15) is 0 Å². The van der Waals surface area contributed by atoms with Gasteiger partial charge in [-0.05, 0) is 32.9 Å². The molecule has 1 aliphatic heterocycles. The molecular weight excluding hydrogens is 284 g/mol. The van der Waals surface area contributed by atoms with Crippen molar-refractivity contribution in [1.29, 1.82) is 0 Å². The van der Waals surface area contributed by atoms with E-state index in [1.54, 1.807) is 13.2 Å². The van der Waals surface area contributed by atoms with Crippen molar-refractivity contribution in [3.63, 3.8) is 0 Å². The number of hydrogen-bond donors (Lipinski definition) is 0. The van der Waals surface area contributed by atoms with Gasteiger partial charge in [0, 0.05) is 20.2 Å². The third-order valence-corrected chi connectivity index (χ3v) is 3.16. The van der Waals surface area contributed by atoms with Crippen molar-refractivity contribution in [2.75, 3.05) is 38.3 Å². The summed E-state index contributed by atoms with van der Waals surface area (Å²) >= 11 is 0. The SMILES string of the molecule is COCC1CN(c2cccc(C(=O)OC(C)(C)C)n2)CCO1. The number of morpholine rings is 1. The standard InChI is InChI=1S/C16H24N2O4/c1-16(2,3)22-15(19)13-6-5-7-14(17-13)18-8-9-21-12(10-18)11-20-4/h5-7,12H,8-11H2,1-4H3. The van der Waals surface area contributed by atoms with Crippen LogP contribution in [-0.2, 0) is 14.2 Å². The molecule has 0 spiro atoms. The second kappa shape index (κ2) is 7.07. The van der Waals surface area contributed by atoms with Gasteiger partial charge in [0.1, 0.15) is 11.4 Å². The Labute approximate surface area is 131 Å². The van der Waals surface area contributed by atoms with Crippen molar-refractivity contribution in [2.24, 2.45) is 0 Å². The van der Waals surface area contributed by atoms with Crippen LogP contribution in [-0.4, -0.2) is 56.1 Å². The van der Waals surface area contributed by atoms with Gasteiger partial charge in [-0.25, -0.2) is 9.78 Å². The Bertz CT molecular complexity index is 511. The minimum absolute atomic E-state index is 0.0192. The lowest BCUT2D eigenvalue weighted by molar-refractivity contribution is -0.0102. The molecule has 0 bridgehead atoms. The van der Waals surface area contributed by atoms with Crippen LogP contribution < -0.4 is 4.90 Å². The van der Waals surface area contributed by atoms with Crippen molar-refractivity contribution >= 4 is 11.8 Å². The van der Waals surface area contributed by atoms with Crippen LogP contribution in [0.2, 0.25) is 0 Å². The van der Waals surface area contributed by atoms with Crippen molar-refractivity contribution < 1.29 is 19.0 Å². The van der Waals surface area contributed by atoms with E-state index in [-0.39, 0.29) is 6.10 Å². The first-order chi connectivity index (χ1) is 10.4. The van der Waals surface area contributed by atoms with Crippen LogP contribution in [0.1, 0.15) is 31.3 Å². The van der Waals surface area contributed by atoms with Gasteiger partial charge >= 0.3 is 5.97 Å². The molecule has 2 heterocycles. The average Bonchev–Trinajstić information content (AvgIpc) is 2.46. The number of aromatic nitrogens is 1. The highest BCUT2D eigenvalue weighted by Gasteiger charge is 2.23. The van der Waals surface area contributed by atoms with Crippen LogP contribution in [0.25, 0.3) is 0 Å². The van der Waals surface area contributed by atoms with Crippen molar-refractivity contribution in [2.45, 2.75) is 32.5 Å². The summed E-state index contributed by atoms with van der Waals surface area (Å²) < 4.78 is 16.1. The third kappa shape index (κ3) is 4.68. The summed E-state index contributed by atoms with van der Waals surface area (Å²) in [6, 6.07) is 5.39.